The second-order valence-electron chi connectivity index (χ2n) is 17.7. The van der Waals surface area contributed by atoms with E-state index in [0.29, 0.717) is 44.3 Å². The molecule has 11 atom stereocenters. The van der Waals surface area contributed by atoms with E-state index >= 15 is 0 Å². The summed E-state index contributed by atoms with van der Waals surface area (Å²) in [7, 11) is 5.08. The summed E-state index contributed by atoms with van der Waals surface area (Å²) in [5, 5.41) is 16.7. The Morgan fingerprint density at radius 2 is 1.80 bits per heavy atom. The Balaban J connectivity index is 1.38. The number of aryl methyl sites for hydroxylation is 1. The minimum absolute atomic E-state index is 0.0394. The highest BCUT2D eigenvalue weighted by molar-refractivity contribution is 5.86. The van der Waals surface area contributed by atoms with E-state index in [1.165, 1.54) is 6.42 Å². The molecule has 4 rings (SSSR count). The van der Waals surface area contributed by atoms with E-state index in [2.05, 4.69) is 44.4 Å². The number of ether oxygens (including phenoxy) is 2. The fourth-order valence-electron chi connectivity index (χ4n) is 9.88. The summed E-state index contributed by atoms with van der Waals surface area (Å²) in [6, 6.07) is 7.70. The van der Waals surface area contributed by atoms with Crippen molar-refractivity contribution in [3.8, 4) is 0 Å². The highest BCUT2D eigenvalue weighted by atomic mass is 16.5. The number of carbonyl (C=O) groups excluding carboxylic acids is 4. The number of ketones is 1. The predicted octanol–water partition coefficient (Wildman–Crippen LogP) is 5.33. The summed E-state index contributed by atoms with van der Waals surface area (Å²) < 4.78 is 12.1. The monoisotopic (exact) mass is 783 g/mol. The molecule has 3 fully saturated rings. The van der Waals surface area contributed by atoms with Gasteiger partial charge in [-0.15, -0.1) is 0 Å². The van der Waals surface area contributed by atoms with Crippen molar-refractivity contribution in [1.29, 1.82) is 0 Å². The number of benzene rings is 1. The first kappa shape index (κ1) is 45.8. The van der Waals surface area contributed by atoms with Crippen LogP contribution in [0.2, 0.25) is 0 Å². The average molecular weight is 783 g/mol. The molecule has 3 N–H and O–H groups in total. The predicted molar refractivity (Wildman–Crippen MR) is 220 cm³/mol. The van der Waals surface area contributed by atoms with Gasteiger partial charge in [-0.3, -0.25) is 19.2 Å². The Bertz CT molecular complexity index is 1440. The summed E-state index contributed by atoms with van der Waals surface area (Å²) in [6.45, 7) is 13.1. The van der Waals surface area contributed by atoms with Crippen LogP contribution in [0.5, 0.6) is 0 Å². The van der Waals surface area contributed by atoms with Crippen LogP contribution in [-0.4, -0.2) is 116 Å². The van der Waals surface area contributed by atoms with E-state index in [0.717, 1.165) is 49.7 Å². The van der Waals surface area contributed by atoms with Gasteiger partial charge in [0.25, 0.3) is 0 Å². The molecule has 0 aromatic heterocycles. The number of hydrogen-bond acceptors (Lipinski definition) is 8. The van der Waals surface area contributed by atoms with E-state index in [1.54, 1.807) is 14.2 Å². The molecule has 2 aliphatic heterocycles. The summed E-state index contributed by atoms with van der Waals surface area (Å²) in [5.74, 6) is -0.206. The van der Waals surface area contributed by atoms with Crippen molar-refractivity contribution in [2.75, 3.05) is 41.0 Å². The van der Waals surface area contributed by atoms with Crippen LogP contribution in [-0.2, 0) is 35.1 Å². The van der Waals surface area contributed by atoms with Crippen LogP contribution in [0, 0.1) is 42.4 Å². The molecular formula is C45H74N4O7. The highest BCUT2D eigenvalue weighted by Gasteiger charge is 2.43. The van der Waals surface area contributed by atoms with Gasteiger partial charge in [-0.1, -0.05) is 77.3 Å². The first-order valence-electron chi connectivity index (χ1n) is 21.6. The van der Waals surface area contributed by atoms with Gasteiger partial charge in [0, 0.05) is 58.7 Å². The van der Waals surface area contributed by atoms with Gasteiger partial charge in [0.1, 0.15) is 5.78 Å². The van der Waals surface area contributed by atoms with E-state index in [4.69, 9.17) is 9.47 Å². The number of amides is 3. The van der Waals surface area contributed by atoms with Crippen molar-refractivity contribution < 1.29 is 33.8 Å². The second-order valence-corrected chi connectivity index (χ2v) is 17.7. The molecule has 316 valence electrons. The molecule has 2 saturated heterocycles. The molecule has 3 amide bonds. The number of nitrogens with one attached hydrogen (secondary N) is 2. The number of aliphatic hydroxyl groups is 1. The topological polar surface area (TPSA) is 138 Å². The smallest absolute Gasteiger partial charge is 0.225 e. The zero-order valence-electron chi connectivity index (χ0n) is 35.9. The van der Waals surface area contributed by atoms with Crippen molar-refractivity contribution in [3.05, 3.63) is 35.4 Å². The molecular weight excluding hydrogens is 709 g/mol. The van der Waals surface area contributed by atoms with E-state index in [-0.39, 0.29) is 72.3 Å². The Kier molecular flexibility index (Phi) is 17.8. The number of hydrogen-bond donors (Lipinski definition) is 3. The van der Waals surface area contributed by atoms with Crippen LogP contribution < -0.4 is 10.6 Å². The lowest BCUT2D eigenvalue weighted by Crippen LogP contribution is -2.52. The quantitative estimate of drug-likeness (QED) is 0.144. The summed E-state index contributed by atoms with van der Waals surface area (Å²) in [5.41, 5.74) is 2.16. The average Bonchev–Trinajstić information content (AvgIpc) is 3.78. The number of methoxy groups -OCH3 is 2. The molecule has 3 aliphatic rings. The molecule has 1 aliphatic carbocycles. The van der Waals surface area contributed by atoms with Gasteiger partial charge >= 0.3 is 0 Å². The normalized spacial score (nSPS) is 24.6. The minimum Gasteiger partial charge on any atom is -0.394 e. The highest BCUT2D eigenvalue weighted by Crippen LogP contribution is 2.35. The molecule has 0 radical (unpaired) electrons. The third-order valence-corrected chi connectivity index (χ3v) is 13.5. The van der Waals surface area contributed by atoms with Gasteiger partial charge in [-0.05, 0) is 75.2 Å². The van der Waals surface area contributed by atoms with Crippen molar-refractivity contribution in [3.63, 3.8) is 0 Å². The lowest BCUT2D eigenvalue weighted by Gasteiger charge is -2.37. The van der Waals surface area contributed by atoms with E-state index < -0.39 is 24.2 Å². The maximum Gasteiger partial charge on any atom is 0.225 e. The van der Waals surface area contributed by atoms with Gasteiger partial charge in [0.05, 0.1) is 49.3 Å². The van der Waals surface area contributed by atoms with Crippen molar-refractivity contribution >= 4 is 23.5 Å². The van der Waals surface area contributed by atoms with Crippen molar-refractivity contribution in [2.24, 2.45) is 35.5 Å². The molecule has 11 nitrogen and oxygen atoms in total. The number of likely N-dealkylation sites (tertiary alicyclic amines) is 1. The third-order valence-electron chi connectivity index (χ3n) is 13.5. The molecule has 11 heteroatoms. The van der Waals surface area contributed by atoms with Gasteiger partial charge in [0.2, 0.25) is 17.7 Å². The maximum absolute atomic E-state index is 14.2. The lowest BCUT2D eigenvalue weighted by molar-refractivity contribution is -0.143. The second kappa shape index (κ2) is 21.8. The van der Waals surface area contributed by atoms with Crippen LogP contribution >= 0.6 is 0 Å². The van der Waals surface area contributed by atoms with Crippen LogP contribution in [0.4, 0.5) is 0 Å². The zero-order chi connectivity index (χ0) is 41.1. The molecule has 1 aromatic carbocycles. The third kappa shape index (κ3) is 11.9. The van der Waals surface area contributed by atoms with Crippen LogP contribution in [0.25, 0.3) is 0 Å². The minimum atomic E-state index is -0.561. The van der Waals surface area contributed by atoms with E-state index in [1.807, 2.05) is 48.9 Å². The SMILES string of the molecule is CC[C@H](C)C(CN(C)C(=O)[C@@H](CCC(=O)[C@H]1N[C@H]2CCC[C@H]1C2)C(C)C)[C@@H](CC(=O)N1CCC[C@H]1[C@H](OC)[C@@H](C)C(=O)N[C@H](CO)Cc1cccc(C)c1)OC. The van der Waals surface area contributed by atoms with Crippen LogP contribution in [0.1, 0.15) is 110 Å². The molecule has 2 heterocycles. The molecule has 1 saturated carbocycles. The largest absolute Gasteiger partial charge is 0.394 e. The number of fused-ring (bicyclic) bond motifs is 2. The lowest BCUT2D eigenvalue weighted by atomic mass is 9.82. The standard InChI is InChI=1S/C45H74N4O7/c1-10-30(5)37(26-48(7)45(54)36(28(2)3)19-20-39(51)42-33-16-12-17-34(24-33)46-42)40(55-8)25-41(52)49-21-13-18-38(49)43(56-9)31(6)44(53)47-35(27-50)23-32-15-11-14-29(4)22-32/h11,14-15,22,28,30-31,33-38,40,42-43,46,50H,10,12-13,16-21,23-27H2,1-9H3,(H,47,53)/t30-,31+,33-,34-,35-,36-,37?,38-,40+,42-,43+/m0/s1. The number of nitrogens with zero attached hydrogens (tertiary/aromatic N) is 2. The first-order valence-corrected chi connectivity index (χ1v) is 21.6. The van der Waals surface area contributed by atoms with Gasteiger partial charge < -0.3 is 35.0 Å². The van der Waals surface area contributed by atoms with Gasteiger partial charge in [0.15, 0.2) is 0 Å². The summed E-state index contributed by atoms with van der Waals surface area (Å²) in [4.78, 5) is 58.9. The number of Topliss-reactive ketones (excluding diaryl/α,β-unsaturated/α-hetero) is 1. The zero-order valence-corrected chi connectivity index (χ0v) is 35.9. The van der Waals surface area contributed by atoms with E-state index in [9.17, 15) is 24.3 Å². The van der Waals surface area contributed by atoms with Crippen LogP contribution in [0.15, 0.2) is 24.3 Å². The first-order chi connectivity index (χ1) is 26.7. The molecule has 0 spiro atoms. The Morgan fingerprint density at radius 1 is 1.05 bits per heavy atom. The van der Waals surface area contributed by atoms with Crippen molar-refractivity contribution in [2.45, 2.75) is 149 Å². The summed E-state index contributed by atoms with van der Waals surface area (Å²) >= 11 is 0. The molecule has 56 heavy (non-hydrogen) atoms. The summed E-state index contributed by atoms with van der Waals surface area (Å²) in [6.07, 6.45) is 7.58. The number of rotatable bonds is 22. The van der Waals surface area contributed by atoms with Crippen molar-refractivity contribution in [1.82, 2.24) is 20.4 Å². The van der Waals surface area contributed by atoms with Gasteiger partial charge in [-0.25, -0.2) is 0 Å². The fraction of sp³-hybridized carbons (Fsp3) is 0.778. The van der Waals surface area contributed by atoms with Crippen LogP contribution in [0.3, 0.4) is 0 Å². The molecule has 1 aromatic rings. The Hall–Kier alpha value is -2.86. The molecule has 1 unspecified atom stereocenters. The number of carbonyl (C=O) groups is 4. The fourth-order valence-corrected chi connectivity index (χ4v) is 9.88. The molecule has 2 bridgehead atoms. The Labute approximate surface area is 337 Å². The Morgan fingerprint density at radius 3 is 2.43 bits per heavy atom. The number of aliphatic hydroxyl groups excluding tert-OH is 1. The van der Waals surface area contributed by atoms with Gasteiger partial charge in [-0.2, -0.15) is 0 Å². The maximum atomic E-state index is 14.2.